The zero-order valence-corrected chi connectivity index (χ0v) is 14.5. The standard InChI is InChI=1S/C17H30N2S/c1-6-9-18-17(13-20-11-10-19(4)5)16-8-7-14(2)12-15(16)3/h7-8,12,17-18H,6,9-11,13H2,1-5H3. The molecule has 1 N–H and O–H groups in total. The van der Waals surface area contributed by atoms with Gasteiger partial charge in [-0.05, 0) is 52.0 Å². The van der Waals surface area contributed by atoms with Gasteiger partial charge < -0.3 is 10.2 Å². The summed E-state index contributed by atoms with van der Waals surface area (Å²) >= 11 is 2.04. The van der Waals surface area contributed by atoms with Gasteiger partial charge in [-0.1, -0.05) is 30.7 Å². The predicted molar refractivity (Wildman–Crippen MR) is 92.8 cm³/mol. The van der Waals surface area contributed by atoms with Gasteiger partial charge >= 0.3 is 0 Å². The van der Waals surface area contributed by atoms with E-state index in [0.717, 1.165) is 18.8 Å². The Balaban J connectivity index is 2.62. The third-order valence-electron chi connectivity index (χ3n) is 3.41. The molecule has 1 aromatic rings. The quantitative estimate of drug-likeness (QED) is 0.700. The first-order valence-electron chi connectivity index (χ1n) is 7.57. The number of aryl methyl sites for hydroxylation is 2. The molecule has 0 spiro atoms. The second-order valence-corrected chi connectivity index (χ2v) is 6.89. The van der Waals surface area contributed by atoms with Gasteiger partial charge in [0.2, 0.25) is 0 Å². The first-order chi connectivity index (χ1) is 9.54. The Hall–Kier alpha value is -0.510. The summed E-state index contributed by atoms with van der Waals surface area (Å²) in [5, 5.41) is 3.70. The molecule has 0 heterocycles. The molecule has 0 bridgehead atoms. The summed E-state index contributed by atoms with van der Waals surface area (Å²) in [4.78, 5) is 2.25. The number of nitrogens with one attached hydrogen (secondary N) is 1. The molecule has 1 rings (SSSR count). The van der Waals surface area contributed by atoms with E-state index in [1.165, 1.54) is 28.9 Å². The third-order valence-corrected chi connectivity index (χ3v) is 4.45. The van der Waals surface area contributed by atoms with Crippen LogP contribution in [-0.2, 0) is 0 Å². The van der Waals surface area contributed by atoms with Gasteiger partial charge in [0.15, 0.2) is 0 Å². The van der Waals surface area contributed by atoms with Crippen LogP contribution in [0.2, 0.25) is 0 Å². The van der Waals surface area contributed by atoms with Gasteiger partial charge in [0.25, 0.3) is 0 Å². The van der Waals surface area contributed by atoms with Crippen LogP contribution in [-0.4, -0.2) is 43.6 Å². The van der Waals surface area contributed by atoms with E-state index in [4.69, 9.17) is 0 Å². The Kier molecular flexibility index (Phi) is 8.27. The van der Waals surface area contributed by atoms with Crippen molar-refractivity contribution in [3.05, 3.63) is 34.9 Å². The molecule has 0 radical (unpaired) electrons. The van der Waals surface area contributed by atoms with Crippen LogP contribution in [0.4, 0.5) is 0 Å². The molecule has 1 unspecified atom stereocenters. The summed E-state index contributed by atoms with van der Waals surface area (Å²) in [6, 6.07) is 7.29. The van der Waals surface area contributed by atoms with Crippen molar-refractivity contribution in [1.29, 1.82) is 0 Å². The molecular weight excluding hydrogens is 264 g/mol. The lowest BCUT2D eigenvalue weighted by molar-refractivity contribution is 0.437. The van der Waals surface area contributed by atoms with Crippen molar-refractivity contribution in [2.75, 3.05) is 38.7 Å². The van der Waals surface area contributed by atoms with Crippen LogP contribution in [0.5, 0.6) is 0 Å². The molecule has 0 fully saturated rings. The van der Waals surface area contributed by atoms with Crippen LogP contribution in [0.25, 0.3) is 0 Å². The summed E-state index contributed by atoms with van der Waals surface area (Å²) in [5.41, 5.74) is 4.22. The maximum absolute atomic E-state index is 3.70. The molecule has 3 heteroatoms. The highest BCUT2D eigenvalue weighted by atomic mass is 32.2. The van der Waals surface area contributed by atoms with Crippen molar-refractivity contribution >= 4 is 11.8 Å². The monoisotopic (exact) mass is 294 g/mol. The molecule has 0 aromatic heterocycles. The number of thioether (sulfide) groups is 1. The van der Waals surface area contributed by atoms with Crippen LogP contribution in [0, 0.1) is 13.8 Å². The molecule has 114 valence electrons. The fourth-order valence-electron chi connectivity index (χ4n) is 2.24. The highest BCUT2D eigenvalue weighted by Crippen LogP contribution is 2.22. The average Bonchev–Trinajstić information content (AvgIpc) is 2.38. The summed E-state index contributed by atoms with van der Waals surface area (Å²) in [6.07, 6.45) is 1.18. The van der Waals surface area contributed by atoms with Crippen molar-refractivity contribution in [3.8, 4) is 0 Å². The Labute approximate surface area is 129 Å². The van der Waals surface area contributed by atoms with Gasteiger partial charge in [-0.3, -0.25) is 0 Å². The number of hydrogen-bond acceptors (Lipinski definition) is 3. The highest BCUT2D eigenvalue weighted by molar-refractivity contribution is 7.99. The number of rotatable bonds is 9. The first-order valence-corrected chi connectivity index (χ1v) is 8.73. The molecule has 0 amide bonds. The SMILES string of the molecule is CCCNC(CSCCN(C)C)c1ccc(C)cc1C. The molecule has 0 aliphatic heterocycles. The van der Waals surface area contributed by atoms with E-state index >= 15 is 0 Å². The van der Waals surface area contributed by atoms with Crippen LogP contribution in [0.1, 0.15) is 36.1 Å². The fraction of sp³-hybridized carbons (Fsp3) is 0.647. The molecule has 0 saturated carbocycles. The Morgan fingerprint density at radius 1 is 1.25 bits per heavy atom. The lowest BCUT2D eigenvalue weighted by Crippen LogP contribution is -2.25. The predicted octanol–water partition coefficient (Wildman–Crippen LogP) is 3.64. The second kappa shape index (κ2) is 9.43. The minimum atomic E-state index is 0.475. The summed E-state index contributed by atoms with van der Waals surface area (Å²) in [6.45, 7) is 8.86. The van der Waals surface area contributed by atoms with Crippen LogP contribution >= 0.6 is 11.8 Å². The molecule has 1 aromatic carbocycles. The van der Waals surface area contributed by atoms with Crippen LogP contribution < -0.4 is 5.32 Å². The van der Waals surface area contributed by atoms with Crippen LogP contribution in [0.15, 0.2) is 18.2 Å². The molecule has 0 aliphatic carbocycles. The van der Waals surface area contributed by atoms with E-state index in [1.807, 2.05) is 11.8 Å². The second-order valence-electron chi connectivity index (χ2n) is 5.74. The lowest BCUT2D eigenvalue weighted by Gasteiger charge is -2.21. The zero-order valence-electron chi connectivity index (χ0n) is 13.7. The van der Waals surface area contributed by atoms with E-state index < -0.39 is 0 Å². The van der Waals surface area contributed by atoms with Crippen LogP contribution in [0.3, 0.4) is 0 Å². The summed E-state index contributed by atoms with van der Waals surface area (Å²) in [7, 11) is 4.27. The molecule has 1 atom stereocenters. The van der Waals surface area contributed by atoms with E-state index in [2.05, 4.69) is 63.3 Å². The molecule has 0 saturated heterocycles. The minimum Gasteiger partial charge on any atom is -0.309 e. The maximum Gasteiger partial charge on any atom is 0.0414 e. The Bertz CT molecular complexity index is 391. The largest absolute Gasteiger partial charge is 0.309 e. The molecule has 20 heavy (non-hydrogen) atoms. The number of benzene rings is 1. The van der Waals surface area contributed by atoms with Crippen molar-refractivity contribution in [2.24, 2.45) is 0 Å². The van der Waals surface area contributed by atoms with E-state index in [1.54, 1.807) is 0 Å². The normalized spacial score (nSPS) is 12.9. The molecule has 0 aliphatic rings. The number of nitrogens with zero attached hydrogens (tertiary/aromatic N) is 1. The first kappa shape index (κ1) is 17.5. The Morgan fingerprint density at radius 3 is 2.60 bits per heavy atom. The average molecular weight is 295 g/mol. The van der Waals surface area contributed by atoms with Gasteiger partial charge in [-0.2, -0.15) is 11.8 Å². The number of hydrogen-bond donors (Lipinski definition) is 1. The van der Waals surface area contributed by atoms with E-state index in [-0.39, 0.29) is 0 Å². The lowest BCUT2D eigenvalue weighted by atomic mass is 10.00. The fourth-order valence-corrected chi connectivity index (χ4v) is 3.44. The van der Waals surface area contributed by atoms with Gasteiger partial charge in [0.1, 0.15) is 0 Å². The smallest absolute Gasteiger partial charge is 0.0414 e. The van der Waals surface area contributed by atoms with Gasteiger partial charge in [0, 0.05) is 24.1 Å². The van der Waals surface area contributed by atoms with E-state index in [0.29, 0.717) is 6.04 Å². The third kappa shape index (κ3) is 6.29. The van der Waals surface area contributed by atoms with Crippen molar-refractivity contribution < 1.29 is 0 Å². The summed E-state index contributed by atoms with van der Waals surface area (Å²) in [5.74, 6) is 2.35. The van der Waals surface area contributed by atoms with E-state index in [9.17, 15) is 0 Å². The maximum atomic E-state index is 3.70. The topological polar surface area (TPSA) is 15.3 Å². The minimum absolute atomic E-state index is 0.475. The summed E-state index contributed by atoms with van der Waals surface area (Å²) < 4.78 is 0. The van der Waals surface area contributed by atoms with Crippen molar-refractivity contribution in [3.63, 3.8) is 0 Å². The Morgan fingerprint density at radius 2 is 2.00 bits per heavy atom. The van der Waals surface area contributed by atoms with Gasteiger partial charge in [0.05, 0.1) is 0 Å². The van der Waals surface area contributed by atoms with Crippen molar-refractivity contribution in [1.82, 2.24) is 10.2 Å². The zero-order chi connectivity index (χ0) is 15.0. The van der Waals surface area contributed by atoms with Gasteiger partial charge in [-0.25, -0.2) is 0 Å². The van der Waals surface area contributed by atoms with Crippen molar-refractivity contribution in [2.45, 2.75) is 33.2 Å². The van der Waals surface area contributed by atoms with Gasteiger partial charge in [-0.15, -0.1) is 0 Å². The highest BCUT2D eigenvalue weighted by Gasteiger charge is 2.13. The molecule has 2 nitrogen and oxygen atoms in total. The molecular formula is C17H30N2S.